The Kier molecular flexibility index (Phi) is 7.50. The molecule has 142 valence electrons. The van der Waals surface area contributed by atoms with Crippen molar-refractivity contribution in [1.82, 2.24) is 0 Å². The Hall–Kier alpha value is -2.72. The smallest absolute Gasteiger partial charge is 0.351 e. The van der Waals surface area contributed by atoms with Crippen LogP contribution in [-0.4, -0.2) is 31.7 Å². The molecule has 0 saturated heterocycles. The van der Waals surface area contributed by atoms with E-state index >= 15 is 0 Å². The van der Waals surface area contributed by atoms with Gasteiger partial charge in [0, 0.05) is 17.5 Å². The number of thioether (sulfide) groups is 1. The number of esters is 2. The summed E-state index contributed by atoms with van der Waals surface area (Å²) in [5.41, 5.74) is 0.939. The number of carbonyl (C=O) groups is 2. The number of benzene rings is 1. The molecule has 0 atom stereocenters. The lowest BCUT2D eigenvalue weighted by Gasteiger charge is -2.22. The van der Waals surface area contributed by atoms with E-state index in [0.29, 0.717) is 17.5 Å². The molecule has 0 spiro atoms. The molecular formula is C20H22N2O4S. The van der Waals surface area contributed by atoms with Crippen LogP contribution < -0.4 is 4.90 Å². The number of carbonyl (C=O) groups excluding carboxylic acids is 2. The first-order valence-corrected chi connectivity index (χ1v) is 9.44. The minimum atomic E-state index is -0.725. The Bertz CT molecular complexity index is 795. The van der Waals surface area contributed by atoms with Crippen molar-refractivity contribution in [2.45, 2.75) is 25.2 Å². The number of nitrogens with zero attached hydrogens (tertiary/aromatic N) is 2. The number of anilines is 1. The second kappa shape index (κ2) is 9.83. The maximum Gasteiger partial charge on any atom is 0.351 e. The van der Waals surface area contributed by atoms with E-state index in [1.54, 1.807) is 0 Å². The highest BCUT2D eigenvalue weighted by Crippen LogP contribution is 2.47. The molecule has 1 aliphatic heterocycles. The van der Waals surface area contributed by atoms with Gasteiger partial charge in [0.15, 0.2) is 5.57 Å². The predicted molar refractivity (Wildman–Crippen MR) is 104 cm³/mol. The van der Waals surface area contributed by atoms with Gasteiger partial charge in [-0.05, 0) is 24.5 Å². The summed E-state index contributed by atoms with van der Waals surface area (Å²) in [6.07, 6.45) is 1.95. The van der Waals surface area contributed by atoms with Crippen molar-refractivity contribution >= 4 is 29.4 Å². The van der Waals surface area contributed by atoms with E-state index in [-0.39, 0.29) is 18.8 Å². The zero-order chi connectivity index (χ0) is 19.8. The first kappa shape index (κ1) is 20.6. The van der Waals surface area contributed by atoms with Crippen molar-refractivity contribution in [2.24, 2.45) is 5.92 Å². The molecule has 1 aliphatic rings. The van der Waals surface area contributed by atoms with Crippen LogP contribution in [0.3, 0.4) is 0 Å². The molecule has 27 heavy (non-hydrogen) atoms. The Labute approximate surface area is 163 Å². The van der Waals surface area contributed by atoms with Crippen LogP contribution in [-0.2, 0) is 19.1 Å². The lowest BCUT2D eigenvalue weighted by molar-refractivity contribution is -0.146. The third-order valence-electron chi connectivity index (χ3n) is 3.80. The standard InChI is InChI=1S/C20H22N2O4S/c1-4-18(23)25-11-12-26-20(24)15(13-21)19-22(10-9-14(2)3)16-7-5-6-8-17(16)27-19/h4-8,14H,1,9-12H2,2-3H3/b19-15-. The quantitative estimate of drug-likeness (QED) is 0.292. The van der Waals surface area contributed by atoms with Crippen molar-refractivity contribution in [3.05, 3.63) is 47.5 Å². The van der Waals surface area contributed by atoms with E-state index in [9.17, 15) is 14.9 Å². The Morgan fingerprint density at radius 1 is 1.30 bits per heavy atom. The Morgan fingerprint density at radius 3 is 2.67 bits per heavy atom. The Morgan fingerprint density at radius 2 is 2.00 bits per heavy atom. The van der Waals surface area contributed by atoms with Crippen molar-refractivity contribution in [1.29, 1.82) is 5.26 Å². The fourth-order valence-corrected chi connectivity index (χ4v) is 3.59. The van der Waals surface area contributed by atoms with Gasteiger partial charge in [-0.15, -0.1) is 0 Å². The molecule has 0 fully saturated rings. The molecule has 0 saturated carbocycles. The van der Waals surface area contributed by atoms with E-state index in [2.05, 4.69) is 20.4 Å². The van der Waals surface area contributed by atoms with Crippen LogP contribution in [0.5, 0.6) is 0 Å². The summed E-state index contributed by atoms with van der Waals surface area (Å²) < 4.78 is 9.87. The van der Waals surface area contributed by atoms with Crippen LogP contribution in [0.25, 0.3) is 0 Å². The predicted octanol–water partition coefficient (Wildman–Crippen LogP) is 3.65. The summed E-state index contributed by atoms with van der Waals surface area (Å²) in [4.78, 5) is 26.4. The van der Waals surface area contributed by atoms with Crippen molar-refractivity contribution in [3.8, 4) is 6.07 Å². The van der Waals surface area contributed by atoms with E-state index in [1.807, 2.05) is 35.2 Å². The van der Waals surface area contributed by atoms with E-state index in [1.165, 1.54) is 11.8 Å². The molecule has 2 rings (SSSR count). The summed E-state index contributed by atoms with van der Waals surface area (Å²) in [5, 5.41) is 10.1. The van der Waals surface area contributed by atoms with Gasteiger partial charge < -0.3 is 14.4 Å². The maximum atomic E-state index is 12.4. The van der Waals surface area contributed by atoms with E-state index in [4.69, 9.17) is 9.47 Å². The van der Waals surface area contributed by atoms with Gasteiger partial charge in [-0.25, -0.2) is 9.59 Å². The van der Waals surface area contributed by atoms with Gasteiger partial charge in [0.2, 0.25) is 0 Å². The van der Waals surface area contributed by atoms with Crippen LogP contribution in [0.15, 0.2) is 52.4 Å². The molecule has 0 aromatic heterocycles. The van der Waals surface area contributed by atoms with Gasteiger partial charge in [0.25, 0.3) is 0 Å². The van der Waals surface area contributed by atoms with Crippen LogP contribution >= 0.6 is 11.8 Å². The van der Waals surface area contributed by atoms with Crippen LogP contribution in [0.2, 0.25) is 0 Å². The largest absolute Gasteiger partial charge is 0.459 e. The molecule has 0 N–H and O–H groups in total. The molecule has 0 amide bonds. The molecule has 0 unspecified atom stereocenters. The highest BCUT2D eigenvalue weighted by Gasteiger charge is 2.30. The fourth-order valence-electron chi connectivity index (χ4n) is 2.42. The topological polar surface area (TPSA) is 79.6 Å². The Balaban J connectivity index is 2.17. The molecule has 1 heterocycles. The lowest BCUT2D eigenvalue weighted by atomic mass is 10.1. The van der Waals surface area contributed by atoms with Gasteiger partial charge in [-0.1, -0.05) is 44.3 Å². The van der Waals surface area contributed by atoms with Crippen LogP contribution in [0.1, 0.15) is 20.3 Å². The van der Waals surface area contributed by atoms with Gasteiger partial charge in [0.1, 0.15) is 24.3 Å². The fraction of sp³-hybridized carbons (Fsp3) is 0.350. The zero-order valence-electron chi connectivity index (χ0n) is 15.4. The van der Waals surface area contributed by atoms with Crippen molar-refractivity contribution in [3.63, 3.8) is 0 Å². The molecule has 0 radical (unpaired) electrons. The van der Waals surface area contributed by atoms with Gasteiger partial charge in [-0.3, -0.25) is 0 Å². The molecule has 0 bridgehead atoms. The third kappa shape index (κ3) is 5.38. The third-order valence-corrected chi connectivity index (χ3v) is 4.98. The van der Waals surface area contributed by atoms with Crippen molar-refractivity contribution < 1.29 is 19.1 Å². The zero-order valence-corrected chi connectivity index (χ0v) is 16.3. The second-order valence-corrected chi connectivity index (χ2v) is 7.23. The minimum Gasteiger partial charge on any atom is -0.459 e. The number of para-hydroxylation sites is 1. The lowest BCUT2D eigenvalue weighted by Crippen LogP contribution is -2.24. The number of hydrogen-bond donors (Lipinski definition) is 0. The van der Waals surface area contributed by atoms with Gasteiger partial charge >= 0.3 is 11.9 Å². The van der Waals surface area contributed by atoms with E-state index < -0.39 is 11.9 Å². The molecule has 7 heteroatoms. The normalized spacial score (nSPS) is 14.4. The second-order valence-electron chi connectivity index (χ2n) is 6.20. The maximum absolute atomic E-state index is 12.4. The van der Waals surface area contributed by atoms with Crippen molar-refractivity contribution in [2.75, 3.05) is 24.7 Å². The SMILES string of the molecule is C=CC(=O)OCCOC(=O)/C(C#N)=C1\Sc2ccccc2N1CCC(C)C. The summed E-state index contributed by atoms with van der Waals surface area (Å²) in [6, 6.07) is 9.77. The molecule has 0 aliphatic carbocycles. The first-order valence-electron chi connectivity index (χ1n) is 8.63. The number of fused-ring (bicyclic) bond motifs is 1. The molecule has 1 aromatic carbocycles. The average molecular weight is 386 g/mol. The minimum absolute atomic E-state index is 0.0463. The monoisotopic (exact) mass is 386 g/mol. The summed E-state index contributed by atoms with van der Waals surface area (Å²) in [5.74, 6) is -0.829. The summed E-state index contributed by atoms with van der Waals surface area (Å²) in [6.45, 7) is 8.03. The van der Waals surface area contributed by atoms with Crippen LogP contribution in [0.4, 0.5) is 5.69 Å². The molecule has 6 nitrogen and oxygen atoms in total. The van der Waals surface area contributed by atoms with E-state index in [0.717, 1.165) is 23.1 Å². The van der Waals surface area contributed by atoms with Gasteiger partial charge in [0.05, 0.1) is 5.69 Å². The first-order chi connectivity index (χ1) is 13.0. The van der Waals surface area contributed by atoms with Crippen LogP contribution in [0, 0.1) is 17.2 Å². The number of nitriles is 1. The van der Waals surface area contributed by atoms with Gasteiger partial charge in [-0.2, -0.15) is 5.26 Å². The highest BCUT2D eigenvalue weighted by molar-refractivity contribution is 8.03. The summed E-state index contributed by atoms with van der Waals surface area (Å²) in [7, 11) is 0. The highest BCUT2D eigenvalue weighted by atomic mass is 32.2. The molecular weight excluding hydrogens is 364 g/mol. The summed E-state index contributed by atoms with van der Waals surface area (Å²) >= 11 is 1.39. The number of hydrogen-bond acceptors (Lipinski definition) is 7. The number of ether oxygens (including phenoxy) is 2. The average Bonchev–Trinajstić information content (AvgIpc) is 3.02. The number of rotatable bonds is 8. The molecule has 1 aromatic rings.